The maximum Gasteiger partial charge on any atom is 0.306 e. The van der Waals surface area contributed by atoms with Crippen molar-refractivity contribution in [2.45, 2.75) is 25.5 Å². The molecule has 0 aliphatic carbocycles. The van der Waals surface area contributed by atoms with Crippen molar-refractivity contribution in [1.82, 2.24) is 0 Å². The van der Waals surface area contributed by atoms with Gasteiger partial charge in [0, 0.05) is 15.8 Å². The Morgan fingerprint density at radius 2 is 1.94 bits per heavy atom. The average molecular weight is 287 g/mol. The summed E-state index contributed by atoms with van der Waals surface area (Å²) in [4.78, 5) is 23.1. The zero-order chi connectivity index (χ0) is 13.5. The molecule has 0 aliphatic rings. The highest BCUT2D eigenvalue weighted by molar-refractivity contribution is 8.14. The van der Waals surface area contributed by atoms with E-state index in [1.54, 1.807) is 31.2 Å². The first-order chi connectivity index (χ1) is 8.52. The zero-order valence-corrected chi connectivity index (χ0v) is 11.9. The molecule has 0 aromatic heterocycles. The zero-order valence-electron chi connectivity index (χ0n) is 10.3. The molecular formula is C13H15ClO3S. The van der Waals surface area contributed by atoms with E-state index in [0.717, 1.165) is 11.8 Å². The number of esters is 1. The van der Waals surface area contributed by atoms with Gasteiger partial charge in [-0.15, -0.1) is 0 Å². The van der Waals surface area contributed by atoms with Gasteiger partial charge < -0.3 is 4.74 Å². The topological polar surface area (TPSA) is 43.4 Å². The highest BCUT2D eigenvalue weighted by atomic mass is 35.5. The Kier molecular flexibility index (Phi) is 6.22. The number of thioether (sulfide) groups is 1. The molecule has 1 atom stereocenters. The molecule has 0 aliphatic heterocycles. The van der Waals surface area contributed by atoms with Gasteiger partial charge in [0.2, 0.25) is 5.12 Å². The minimum atomic E-state index is -0.276. The largest absolute Gasteiger partial charge is 0.466 e. The van der Waals surface area contributed by atoms with Gasteiger partial charge in [-0.05, 0) is 31.2 Å². The molecule has 0 spiro atoms. The Balaban J connectivity index is 2.49. The van der Waals surface area contributed by atoms with Gasteiger partial charge in [-0.2, -0.15) is 0 Å². The van der Waals surface area contributed by atoms with Crippen LogP contribution in [0.4, 0.5) is 0 Å². The molecular weight excluding hydrogens is 272 g/mol. The van der Waals surface area contributed by atoms with Crippen LogP contribution in [0.25, 0.3) is 0 Å². The van der Waals surface area contributed by atoms with Crippen molar-refractivity contribution >= 4 is 34.4 Å². The van der Waals surface area contributed by atoms with Crippen LogP contribution in [-0.4, -0.2) is 22.9 Å². The first kappa shape index (κ1) is 15.1. The van der Waals surface area contributed by atoms with Crippen molar-refractivity contribution in [3.05, 3.63) is 34.9 Å². The molecule has 98 valence electrons. The van der Waals surface area contributed by atoms with Crippen molar-refractivity contribution in [2.75, 3.05) is 6.61 Å². The third kappa shape index (κ3) is 5.10. The monoisotopic (exact) mass is 286 g/mol. The Hall–Kier alpha value is -1.00. The normalized spacial score (nSPS) is 11.9. The number of ether oxygens (including phenoxy) is 1. The van der Waals surface area contributed by atoms with Gasteiger partial charge in [0.25, 0.3) is 0 Å². The number of rotatable bonds is 5. The fourth-order valence-electron chi connectivity index (χ4n) is 1.33. The molecule has 1 aromatic rings. The number of carbonyl (C=O) groups is 2. The van der Waals surface area contributed by atoms with Gasteiger partial charge in [-0.1, -0.05) is 30.3 Å². The summed E-state index contributed by atoms with van der Waals surface area (Å²) in [5.74, 6) is -0.276. The summed E-state index contributed by atoms with van der Waals surface area (Å²) < 4.78 is 4.83. The molecule has 0 heterocycles. The van der Waals surface area contributed by atoms with E-state index in [1.807, 2.05) is 6.92 Å². The molecule has 3 nitrogen and oxygen atoms in total. The molecule has 1 aromatic carbocycles. The lowest BCUT2D eigenvalue weighted by molar-refractivity contribution is -0.142. The van der Waals surface area contributed by atoms with Gasteiger partial charge in [0.1, 0.15) is 0 Å². The van der Waals surface area contributed by atoms with Gasteiger partial charge in [0.05, 0.1) is 13.0 Å². The smallest absolute Gasteiger partial charge is 0.306 e. The van der Waals surface area contributed by atoms with E-state index in [-0.39, 0.29) is 22.8 Å². The quantitative estimate of drug-likeness (QED) is 0.776. The Morgan fingerprint density at radius 3 is 2.50 bits per heavy atom. The van der Waals surface area contributed by atoms with Crippen molar-refractivity contribution in [1.29, 1.82) is 0 Å². The van der Waals surface area contributed by atoms with Crippen LogP contribution in [-0.2, 0) is 9.53 Å². The van der Waals surface area contributed by atoms with Crippen molar-refractivity contribution in [3.8, 4) is 0 Å². The Bertz CT molecular complexity index is 417. The van der Waals surface area contributed by atoms with Gasteiger partial charge in [-0.25, -0.2) is 0 Å². The second-order valence-electron chi connectivity index (χ2n) is 3.73. The molecule has 0 radical (unpaired) electrons. The maximum absolute atomic E-state index is 11.9. The SMILES string of the molecule is CCOC(=O)CC(C)SC(=O)c1ccc(Cl)cc1. The first-order valence-electron chi connectivity index (χ1n) is 5.65. The summed E-state index contributed by atoms with van der Waals surface area (Å²) in [5, 5.41) is 0.423. The molecule has 0 saturated heterocycles. The number of hydrogen-bond donors (Lipinski definition) is 0. The predicted octanol–water partition coefficient (Wildman–Crippen LogP) is 3.56. The molecule has 0 bridgehead atoms. The molecule has 0 amide bonds. The van der Waals surface area contributed by atoms with Crippen LogP contribution in [0.3, 0.4) is 0 Å². The standard InChI is InChI=1S/C13H15ClO3S/c1-3-17-12(15)8-9(2)18-13(16)10-4-6-11(14)7-5-10/h4-7,9H,3,8H2,1-2H3. The summed E-state index contributed by atoms with van der Waals surface area (Å²) in [6.07, 6.45) is 0.234. The van der Waals surface area contributed by atoms with Crippen molar-refractivity contribution in [2.24, 2.45) is 0 Å². The minimum Gasteiger partial charge on any atom is -0.466 e. The van der Waals surface area contributed by atoms with Crippen LogP contribution >= 0.6 is 23.4 Å². The van der Waals surface area contributed by atoms with Crippen LogP contribution < -0.4 is 0 Å². The van der Waals surface area contributed by atoms with E-state index < -0.39 is 0 Å². The molecule has 1 unspecified atom stereocenters. The van der Waals surface area contributed by atoms with Crippen LogP contribution in [0.1, 0.15) is 30.6 Å². The lowest BCUT2D eigenvalue weighted by atomic mass is 10.2. The molecule has 0 saturated carbocycles. The average Bonchev–Trinajstić information content (AvgIpc) is 2.29. The third-order valence-electron chi connectivity index (χ3n) is 2.15. The first-order valence-corrected chi connectivity index (χ1v) is 6.91. The molecule has 1 rings (SSSR count). The summed E-state index contributed by atoms with van der Waals surface area (Å²) in [5.41, 5.74) is 0.583. The lowest BCUT2D eigenvalue weighted by Crippen LogP contribution is -2.12. The number of halogens is 1. The molecule has 18 heavy (non-hydrogen) atoms. The summed E-state index contributed by atoms with van der Waals surface area (Å²) in [6.45, 7) is 3.95. The van der Waals surface area contributed by atoms with Crippen molar-refractivity contribution < 1.29 is 14.3 Å². The Morgan fingerprint density at radius 1 is 1.33 bits per heavy atom. The number of hydrogen-bond acceptors (Lipinski definition) is 4. The van der Waals surface area contributed by atoms with E-state index in [9.17, 15) is 9.59 Å². The molecule has 0 fully saturated rings. The van der Waals surface area contributed by atoms with E-state index >= 15 is 0 Å². The second kappa shape index (κ2) is 7.44. The van der Waals surface area contributed by atoms with Gasteiger partial charge in [0.15, 0.2) is 0 Å². The van der Waals surface area contributed by atoms with E-state index in [1.165, 1.54) is 0 Å². The number of carbonyl (C=O) groups excluding carboxylic acids is 2. The highest BCUT2D eigenvalue weighted by Crippen LogP contribution is 2.21. The van der Waals surface area contributed by atoms with Crippen LogP contribution in [0.5, 0.6) is 0 Å². The number of benzene rings is 1. The van der Waals surface area contributed by atoms with Gasteiger partial charge >= 0.3 is 5.97 Å². The third-order valence-corrected chi connectivity index (χ3v) is 3.42. The maximum atomic E-state index is 11.9. The molecule has 5 heteroatoms. The van der Waals surface area contributed by atoms with E-state index in [2.05, 4.69) is 0 Å². The fraction of sp³-hybridized carbons (Fsp3) is 0.385. The van der Waals surface area contributed by atoms with E-state index in [4.69, 9.17) is 16.3 Å². The highest BCUT2D eigenvalue weighted by Gasteiger charge is 2.15. The minimum absolute atomic E-state index is 0.0662. The molecule has 0 N–H and O–H groups in total. The second-order valence-corrected chi connectivity index (χ2v) is 5.58. The van der Waals surface area contributed by atoms with Gasteiger partial charge in [-0.3, -0.25) is 9.59 Å². The fourth-order valence-corrected chi connectivity index (χ4v) is 2.32. The van der Waals surface area contributed by atoms with Crippen molar-refractivity contribution in [3.63, 3.8) is 0 Å². The summed E-state index contributed by atoms with van der Waals surface area (Å²) in [7, 11) is 0. The summed E-state index contributed by atoms with van der Waals surface area (Å²) in [6, 6.07) is 6.69. The predicted molar refractivity (Wildman–Crippen MR) is 74.1 cm³/mol. The lowest BCUT2D eigenvalue weighted by Gasteiger charge is -2.09. The summed E-state index contributed by atoms with van der Waals surface area (Å²) >= 11 is 6.88. The van der Waals surface area contributed by atoms with Crippen LogP contribution in [0, 0.1) is 0 Å². The van der Waals surface area contributed by atoms with Crippen LogP contribution in [0.15, 0.2) is 24.3 Å². The Labute approximate surface area is 116 Å². The van der Waals surface area contributed by atoms with Crippen LogP contribution in [0.2, 0.25) is 5.02 Å². The van der Waals surface area contributed by atoms with E-state index in [0.29, 0.717) is 17.2 Å².